The number of rotatable bonds is 6. The number of benzene rings is 1. The quantitative estimate of drug-likeness (QED) is 0.502. The molecule has 0 spiro atoms. The Morgan fingerprint density at radius 1 is 1.25 bits per heavy atom. The molecule has 1 aromatic carbocycles. The van der Waals surface area contributed by atoms with Gasteiger partial charge in [-0.15, -0.1) is 11.3 Å². The van der Waals surface area contributed by atoms with E-state index in [2.05, 4.69) is 28.7 Å². The van der Waals surface area contributed by atoms with E-state index in [1.807, 2.05) is 41.8 Å². The summed E-state index contributed by atoms with van der Waals surface area (Å²) in [7, 11) is 1.68. The van der Waals surface area contributed by atoms with Crippen molar-refractivity contribution in [3.05, 3.63) is 57.9 Å². The topological polar surface area (TPSA) is 71.9 Å². The SMILES string of the molecule is COCCn1c(C)c(C)c(-c2nc3ccccc3[nH]2)c1NC(=O)c1cccs1. The first-order chi connectivity index (χ1) is 13.6. The number of thiophene rings is 1. The molecule has 1 amide bonds. The van der Waals surface area contributed by atoms with Gasteiger partial charge in [0.05, 0.1) is 28.1 Å². The highest BCUT2D eigenvalue weighted by atomic mass is 32.1. The van der Waals surface area contributed by atoms with Gasteiger partial charge in [0.2, 0.25) is 0 Å². The molecule has 7 heteroatoms. The number of nitrogens with one attached hydrogen (secondary N) is 2. The first-order valence-corrected chi connectivity index (χ1v) is 9.96. The number of carbonyl (C=O) groups excluding carboxylic acids is 1. The molecule has 0 unspecified atom stereocenters. The number of anilines is 1. The molecule has 0 fully saturated rings. The normalized spacial score (nSPS) is 11.2. The van der Waals surface area contributed by atoms with E-state index < -0.39 is 0 Å². The summed E-state index contributed by atoms with van der Waals surface area (Å²) in [6, 6.07) is 11.6. The summed E-state index contributed by atoms with van der Waals surface area (Å²) in [5.74, 6) is 1.37. The lowest BCUT2D eigenvalue weighted by Crippen LogP contribution is -2.16. The van der Waals surface area contributed by atoms with Gasteiger partial charge in [-0.2, -0.15) is 0 Å². The molecule has 0 atom stereocenters. The highest BCUT2D eigenvalue weighted by Gasteiger charge is 2.23. The van der Waals surface area contributed by atoms with Crippen LogP contribution in [-0.2, 0) is 11.3 Å². The van der Waals surface area contributed by atoms with Crippen molar-refractivity contribution in [2.24, 2.45) is 0 Å². The average molecular weight is 395 g/mol. The Balaban J connectivity index is 1.85. The smallest absolute Gasteiger partial charge is 0.266 e. The fraction of sp³-hybridized carbons (Fsp3) is 0.238. The number of aromatic amines is 1. The highest BCUT2D eigenvalue weighted by Crippen LogP contribution is 2.36. The number of ether oxygens (including phenoxy) is 1. The zero-order valence-electron chi connectivity index (χ0n) is 16.1. The van der Waals surface area contributed by atoms with Crippen molar-refractivity contribution in [3.63, 3.8) is 0 Å². The van der Waals surface area contributed by atoms with E-state index in [0.717, 1.165) is 39.5 Å². The summed E-state index contributed by atoms with van der Waals surface area (Å²) in [6.45, 7) is 5.31. The lowest BCUT2D eigenvalue weighted by atomic mass is 10.1. The lowest BCUT2D eigenvalue weighted by Gasteiger charge is -2.13. The van der Waals surface area contributed by atoms with E-state index in [0.29, 0.717) is 18.0 Å². The number of H-pyrrole nitrogens is 1. The van der Waals surface area contributed by atoms with Gasteiger partial charge in [0, 0.05) is 19.3 Å². The number of methoxy groups -OCH3 is 1. The van der Waals surface area contributed by atoms with Crippen LogP contribution < -0.4 is 5.32 Å². The molecule has 0 aliphatic carbocycles. The Labute approximate surface area is 167 Å². The monoisotopic (exact) mass is 394 g/mol. The molecular weight excluding hydrogens is 372 g/mol. The maximum absolute atomic E-state index is 12.8. The molecule has 0 saturated carbocycles. The van der Waals surface area contributed by atoms with Crippen LogP contribution in [0, 0.1) is 13.8 Å². The minimum atomic E-state index is -0.122. The summed E-state index contributed by atoms with van der Waals surface area (Å²) < 4.78 is 7.37. The van der Waals surface area contributed by atoms with Gasteiger partial charge in [0.15, 0.2) is 0 Å². The van der Waals surface area contributed by atoms with E-state index in [1.54, 1.807) is 7.11 Å². The Kier molecular flexibility index (Phi) is 5.02. The van der Waals surface area contributed by atoms with Gasteiger partial charge in [-0.1, -0.05) is 18.2 Å². The van der Waals surface area contributed by atoms with Gasteiger partial charge in [-0.3, -0.25) is 4.79 Å². The minimum absolute atomic E-state index is 0.122. The van der Waals surface area contributed by atoms with Crippen molar-refractivity contribution in [1.29, 1.82) is 0 Å². The predicted molar refractivity (Wildman–Crippen MR) is 113 cm³/mol. The summed E-state index contributed by atoms with van der Waals surface area (Å²) in [5.41, 5.74) is 4.93. The second-order valence-electron chi connectivity index (χ2n) is 6.61. The number of hydrogen-bond donors (Lipinski definition) is 2. The number of imidazole rings is 1. The van der Waals surface area contributed by atoms with Crippen molar-refractivity contribution in [2.45, 2.75) is 20.4 Å². The standard InChI is InChI=1S/C21H22N4O2S/c1-13-14(2)25(10-11-27-3)20(24-21(26)17-9-6-12-28-17)18(13)19-22-15-7-4-5-8-16(15)23-19/h4-9,12H,10-11H2,1-3H3,(H,22,23)(H,24,26). The van der Waals surface area contributed by atoms with Crippen LogP contribution in [0.4, 0.5) is 5.82 Å². The molecule has 3 aromatic heterocycles. The number of para-hydroxylation sites is 2. The summed E-state index contributed by atoms with van der Waals surface area (Å²) in [6.07, 6.45) is 0. The zero-order chi connectivity index (χ0) is 19.7. The van der Waals surface area contributed by atoms with E-state index in [-0.39, 0.29) is 5.91 Å². The third-order valence-corrected chi connectivity index (χ3v) is 5.82. The molecule has 28 heavy (non-hydrogen) atoms. The summed E-state index contributed by atoms with van der Waals surface area (Å²) >= 11 is 1.42. The highest BCUT2D eigenvalue weighted by molar-refractivity contribution is 7.12. The van der Waals surface area contributed by atoms with Crippen molar-refractivity contribution in [3.8, 4) is 11.4 Å². The largest absolute Gasteiger partial charge is 0.383 e. The van der Waals surface area contributed by atoms with E-state index in [9.17, 15) is 4.79 Å². The molecule has 6 nitrogen and oxygen atoms in total. The lowest BCUT2D eigenvalue weighted by molar-refractivity contribution is 0.102. The van der Waals surface area contributed by atoms with Crippen LogP contribution in [0.2, 0.25) is 0 Å². The second kappa shape index (κ2) is 7.61. The number of fused-ring (bicyclic) bond motifs is 1. The van der Waals surface area contributed by atoms with Crippen LogP contribution >= 0.6 is 11.3 Å². The van der Waals surface area contributed by atoms with Crippen molar-refractivity contribution < 1.29 is 9.53 Å². The van der Waals surface area contributed by atoms with Gasteiger partial charge >= 0.3 is 0 Å². The Bertz CT molecular complexity index is 1090. The van der Waals surface area contributed by atoms with Crippen LogP contribution in [0.25, 0.3) is 22.4 Å². The Morgan fingerprint density at radius 2 is 2.07 bits per heavy atom. The molecule has 0 aliphatic heterocycles. The molecule has 144 valence electrons. The number of aromatic nitrogens is 3. The molecule has 4 aromatic rings. The van der Waals surface area contributed by atoms with Gasteiger partial charge in [-0.05, 0) is 43.0 Å². The number of carbonyl (C=O) groups is 1. The van der Waals surface area contributed by atoms with Crippen LogP contribution in [0.5, 0.6) is 0 Å². The maximum Gasteiger partial charge on any atom is 0.266 e. The third-order valence-electron chi connectivity index (χ3n) is 4.95. The molecule has 2 N–H and O–H groups in total. The second-order valence-corrected chi connectivity index (χ2v) is 7.56. The molecule has 4 rings (SSSR count). The van der Waals surface area contributed by atoms with Gasteiger partial charge in [0.1, 0.15) is 11.6 Å². The first kappa shape index (κ1) is 18.5. The average Bonchev–Trinajstić information content (AvgIpc) is 3.41. The fourth-order valence-electron chi connectivity index (χ4n) is 3.39. The molecule has 0 saturated heterocycles. The Hall–Kier alpha value is -2.90. The molecule has 0 bridgehead atoms. The van der Waals surface area contributed by atoms with E-state index in [1.165, 1.54) is 11.3 Å². The Morgan fingerprint density at radius 3 is 2.79 bits per heavy atom. The van der Waals surface area contributed by atoms with Gasteiger partial charge < -0.3 is 19.6 Å². The molecular formula is C21H22N4O2S. The molecule has 0 radical (unpaired) electrons. The van der Waals surface area contributed by atoms with Crippen LogP contribution in [-0.4, -0.2) is 34.2 Å². The molecule has 3 heterocycles. The fourth-order valence-corrected chi connectivity index (χ4v) is 4.01. The first-order valence-electron chi connectivity index (χ1n) is 9.08. The van der Waals surface area contributed by atoms with Gasteiger partial charge in [0.25, 0.3) is 5.91 Å². The molecule has 0 aliphatic rings. The van der Waals surface area contributed by atoms with Crippen LogP contribution in [0.15, 0.2) is 41.8 Å². The number of amides is 1. The minimum Gasteiger partial charge on any atom is -0.383 e. The third kappa shape index (κ3) is 3.23. The van der Waals surface area contributed by atoms with E-state index >= 15 is 0 Å². The summed E-state index contributed by atoms with van der Waals surface area (Å²) in [4.78, 5) is 21.6. The van der Waals surface area contributed by atoms with E-state index in [4.69, 9.17) is 9.72 Å². The summed E-state index contributed by atoms with van der Waals surface area (Å²) in [5, 5.41) is 5.01. The maximum atomic E-state index is 12.8. The number of nitrogens with zero attached hydrogens (tertiary/aromatic N) is 2. The van der Waals surface area contributed by atoms with Crippen molar-refractivity contribution in [2.75, 3.05) is 19.0 Å². The van der Waals surface area contributed by atoms with Crippen LogP contribution in [0.1, 0.15) is 20.9 Å². The van der Waals surface area contributed by atoms with Gasteiger partial charge in [-0.25, -0.2) is 4.98 Å². The van der Waals surface area contributed by atoms with Crippen LogP contribution in [0.3, 0.4) is 0 Å². The predicted octanol–water partition coefficient (Wildman–Crippen LogP) is 4.61. The van der Waals surface area contributed by atoms with Crippen molar-refractivity contribution >= 4 is 34.1 Å². The zero-order valence-corrected chi connectivity index (χ0v) is 16.9. The van der Waals surface area contributed by atoms with Crippen molar-refractivity contribution in [1.82, 2.24) is 14.5 Å². The number of hydrogen-bond acceptors (Lipinski definition) is 4.